The molecule has 4 unspecified atom stereocenters. The summed E-state index contributed by atoms with van der Waals surface area (Å²) in [5, 5.41) is 1.19. The number of amides is 1. The molecule has 108 valence electrons. The van der Waals surface area contributed by atoms with Gasteiger partial charge in [0.05, 0.1) is 4.88 Å². The Labute approximate surface area is 128 Å². The first-order chi connectivity index (χ1) is 10.3. The number of thiophene rings is 1. The van der Waals surface area contributed by atoms with Crippen molar-refractivity contribution in [3.05, 3.63) is 35.2 Å². The van der Waals surface area contributed by atoms with Gasteiger partial charge >= 0.3 is 0 Å². The third kappa shape index (κ3) is 1.72. The quantitative estimate of drug-likeness (QED) is 0.808. The number of rotatable bonds is 1. The van der Waals surface area contributed by atoms with E-state index < -0.39 is 0 Å². The lowest BCUT2D eigenvalue weighted by atomic mass is 9.93. The smallest absolute Gasteiger partial charge is 0.264 e. The molecular formula is C17H18N2OS. The second-order valence-electron chi connectivity index (χ2n) is 6.63. The predicted octanol–water partition coefficient (Wildman–Crippen LogP) is 2.82. The molecule has 4 heterocycles. The topological polar surface area (TPSA) is 23.6 Å². The van der Waals surface area contributed by atoms with Crippen LogP contribution in [0.4, 0.5) is 0 Å². The molecule has 3 aliphatic heterocycles. The second-order valence-corrected chi connectivity index (χ2v) is 7.71. The van der Waals surface area contributed by atoms with Crippen molar-refractivity contribution in [3.63, 3.8) is 0 Å². The van der Waals surface area contributed by atoms with E-state index in [1.807, 2.05) is 12.1 Å². The second kappa shape index (κ2) is 4.31. The van der Waals surface area contributed by atoms with Gasteiger partial charge in [0.25, 0.3) is 5.91 Å². The molecule has 0 aliphatic carbocycles. The molecular weight excluding hydrogens is 280 g/mol. The van der Waals surface area contributed by atoms with Crippen molar-refractivity contribution >= 4 is 27.3 Å². The summed E-state index contributed by atoms with van der Waals surface area (Å²) < 4.78 is 1.22. The fourth-order valence-corrected chi connectivity index (χ4v) is 5.53. The van der Waals surface area contributed by atoms with E-state index in [0.717, 1.165) is 23.9 Å². The molecule has 3 fully saturated rings. The van der Waals surface area contributed by atoms with Crippen molar-refractivity contribution in [1.29, 1.82) is 0 Å². The Kier molecular flexibility index (Phi) is 2.50. The number of piperazine rings is 1. The van der Waals surface area contributed by atoms with Gasteiger partial charge in [-0.3, -0.25) is 9.69 Å². The van der Waals surface area contributed by atoms with E-state index in [4.69, 9.17) is 0 Å². The van der Waals surface area contributed by atoms with Crippen LogP contribution in [0.5, 0.6) is 0 Å². The van der Waals surface area contributed by atoms with E-state index in [2.05, 4.69) is 28.0 Å². The Bertz CT molecular complexity index is 687. The molecule has 3 bridgehead atoms. The third-order valence-electron chi connectivity index (χ3n) is 5.47. The van der Waals surface area contributed by atoms with Gasteiger partial charge in [0.1, 0.15) is 0 Å². The molecule has 1 aromatic heterocycles. The van der Waals surface area contributed by atoms with E-state index in [0.29, 0.717) is 12.1 Å². The van der Waals surface area contributed by atoms with Crippen LogP contribution in [0, 0.1) is 5.92 Å². The maximum Gasteiger partial charge on any atom is 0.264 e. The van der Waals surface area contributed by atoms with Gasteiger partial charge in [0, 0.05) is 29.9 Å². The van der Waals surface area contributed by atoms with Crippen molar-refractivity contribution in [2.24, 2.45) is 5.92 Å². The van der Waals surface area contributed by atoms with Crippen LogP contribution in [0.3, 0.4) is 0 Å². The van der Waals surface area contributed by atoms with Gasteiger partial charge in [-0.1, -0.05) is 18.2 Å². The first kappa shape index (κ1) is 12.2. The lowest BCUT2D eigenvalue weighted by Crippen LogP contribution is -2.58. The molecule has 5 rings (SSSR count). The van der Waals surface area contributed by atoms with Crippen molar-refractivity contribution in [3.8, 4) is 0 Å². The van der Waals surface area contributed by atoms with Gasteiger partial charge in [0.2, 0.25) is 0 Å². The van der Waals surface area contributed by atoms with Gasteiger partial charge in [-0.15, -0.1) is 11.3 Å². The normalized spacial score (nSPS) is 33.8. The highest BCUT2D eigenvalue weighted by Crippen LogP contribution is 2.42. The summed E-state index contributed by atoms with van der Waals surface area (Å²) in [7, 11) is 0. The van der Waals surface area contributed by atoms with Gasteiger partial charge in [-0.2, -0.15) is 0 Å². The van der Waals surface area contributed by atoms with Gasteiger partial charge in [0.15, 0.2) is 0 Å². The van der Waals surface area contributed by atoms with Gasteiger partial charge in [-0.05, 0) is 42.8 Å². The minimum atomic E-state index is 0.273. The molecule has 1 aromatic carbocycles. The Morgan fingerprint density at radius 1 is 1.24 bits per heavy atom. The molecule has 3 nitrogen and oxygen atoms in total. The maximum atomic E-state index is 13.0. The first-order valence-corrected chi connectivity index (χ1v) is 8.65. The highest BCUT2D eigenvalue weighted by Gasteiger charge is 2.50. The Balaban J connectivity index is 1.51. The zero-order valence-corrected chi connectivity index (χ0v) is 12.7. The Morgan fingerprint density at radius 3 is 3.05 bits per heavy atom. The summed E-state index contributed by atoms with van der Waals surface area (Å²) in [5.41, 5.74) is 0. The van der Waals surface area contributed by atoms with Crippen molar-refractivity contribution in [1.82, 2.24) is 9.80 Å². The molecule has 0 spiro atoms. The molecule has 3 aliphatic rings. The number of fused-ring (bicyclic) bond motifs is 3. The number of piperidine rings is 1. The van der Waals surface area contributed by atoms with E-state index in [9.17, 15) is 4.79 Å². The van der Waals surface area contributed by atoms with Gasteiger partial charge in [-0.25, -0.2) is 0 Å². The molecule has 0 saturated carbocycles. The molecule has 4 heteroatoms. The first-order valence-electron chi connectivity index (χ1n) is 7.83. The summed E-state index contributed by atoms with van der Waals surface area (Å²) in [6.45, 7) is 3.42. The average molecular weight is 298 g/mol. The van der Waals surface area contributed by atoms with Crippen molar-refractivity contribution in [2.75, 3.05) is 19.6 Å². The number of nitrogens with zero attached hydrogens (tertiary/aromatic N) is 2. The number of carbonyl (C=O) groups excluding carboxylic acids is 1. The zero-order valence-electron chi connectivity index (χ0n) is 11.9. The molecule has 0 N–H and O–H groups in total. The number of hydrogen-bond acceptors (Lipinski definition) is 3. The van der Waals surface area contributed by atoms with Crippen LogP contribution in [0.15, 0.2) is 30.3 Å². The maximum absolute atomic E-state index is 13.0. The standard InChI is InChI=1S/C17H18N2OS/c20-17(16-8-12-3-1-2-4-15(12)21-16)19-13-7-11-5-6-18(9-13)10-14(11)19/h1-4,8,11,13-14H,5-7,9-10H2. The number of hydrogen-bond donors (Lipinski definition) is 0. The molecule has 2 aromatic rings. The van der Waals surface area contributed by atoms with Crippen LogP contribution < -0.4 is 0 Å². The minimum absolute atomic E-state index is 0.273. The highest BCUT2D eigenvalue weighted by molar-refractivity contribution is 7.20. The van der Waals surface area contributed by atoms with Crippen LogP contribution >= 0.6 is 11.3 Å². The van der Waals surface area contributed by atoms with Crippen LogP contribution in [0.1, 0.15) is 22.5 Å². The van der Waals surface area contributed by atoms with E-state index in [1.54, 1.807) is 11.3 Å². The monoisotopic (exact) mass is 298 g/mol. The molecule has 3 saturated heterocycles. The summed E-state index contributed by atoms with van der Waals surface area (Å²) in [5.74, 6) is 1.02. The van der Waals surface area contributed by atoms with E-state index in [1.165, 1.54) is 29.5 Å². The average Bonchev–Trinajstić information content (AvgIpc) is 2.96. The summed E-state index contributed by atoms with van der Waals surface area (Å²) in [4.78, 5) is 18.7. The SMILES string of the molecule is O=C(c1cc2ccccc2s1)N1C2CC3CCN(C2)CC31. The zero-order chi connectivity index (χ0) is 14.0. The Hall–Kier alpha value is -1.39. The lowest BCUT2D eigenvalue weighted by molar-refractivity contribution is 0.0265. The minimum Gasteiger partial charge on any atom is -0.329 e. The summed E-state index contributed by atoms with van der Waals surface area (Å²) in [6, 6.07) is 11.3. The molecule has 1 amide bonds. The summed E-state index contributed by atoms with van der Waals surface area (Å²) >= 11 is 1.65. The number of carbonyl (C=O) groups is 1. The van der Waals surface area contributed by atoms with Crippen molar-refractivity contribution < 1.29 is 4.79 Å². The molecule has 21 heavy (non-hydrogen) atoms. The van der Waals surface area contributed by atoms with Crippen LogP contribution in [-0.4, -0.2) is 47.4 Å². The summed E-state index contributed by atoms with van der Waals surface area (Å²) in [6.07, 6.45) is 2.50. The fraction of sp³-hybridized carbons (Fsp3) is 0.471. The van der Waals surface area contributed by atoms with Gasteiger partial charge < -0.3 is 4.90 Å². The molecule has 4 atom stereocenters. The molecule has 0 radical (unpaired) electrons. The van der Waals surface area contributed by atoms with E-state index >= 15 is 0 Å². The van der Waals surface area contributed by atoms with E-state index in [-0.39, 0.29) is 5.91 Å². The van der Waals surface area contributed by atoms with Crippen LogP contribution in [-0.2, 0) is 0 Å². The third-order valence-corrected chi connectivity index (χ3v) is 6.57. The van der Waals surface area contributed by atoms with Crippen LogP contribution in [0.25, 0.3) is 10.1 Å². The largest absolute Gasteiger partial charge is 0.329 e. The highest BCUT2D eigenvalue weighted by atomic mass is 32.1. The fourth-order valence-electron chi connectivity index (χ4n) is 4.53. The lowest BCUT2D eigenvalue weighted by Gasteiger charge is -2.44. The Morgan fingerprint density at radius 2 is 2.14 bits per heavy atom. The van der Waals surface area contributed by atoms with Crippen LogP contribution in [0.2, 0.25) is 0 Å². The van der Waals surface area contributed by atoms with Crippen molar-refractivity contribution in [2.45, 2.75) is 24.9 Å². The number of benzene rings is 1. The predicted molar refractivity (Wildman–Crippen MR) is 84.7 cm³/mol.